The van der Waals surface area contributed by atoms with E-state index in [9.17, 15) is 0 Å². The standard InChI is InChI=1S/C27H35N5O2/c1-4-6-17-32-18-16-25(22(3)10-5-2)26(32)11-9-20-33-19-7-8-21-34-24-14-12-23(13-15-24)27-28-30-31-29-27/h4,6,9,11-16,18H,3,5,7-8,10,17,19-21H2,1-2H3,(H,28,29,30,31)/b6-4+,11-9-. The first-order chi connectivity index (χ1) is 16.7. The van der Waals surface area contributed by atoms with E-state index in [0.29, 0.717) is 25.6 Å². The molecule has 1 aromatic carbocycles. The van der Waals surface area contributed by atoms with Crippen LogP contribution in [0.3, 0.4) is 0 Å². The van der Waals surface area contributed by atoms with Crippen LogP contribution in [0.25, 0.3) is 23.0 Å². The molecular formula is C27H35N5O2. The molecule has 180 valence electrons. The number of H-pyrrole nitrogens is 1. The molecule has 0 unspecified atom stereocenters. The highest BCUT2D eigenvalue weighted by molar-refractivity contribution is 5.72. The van der Waals surface area contributed by atoms with Gasteiger partial charge in [0.1, 0.15) is 5.75 Å². The van der Waals surface area contributed by atoms with Crippen molar-refractivity contribution in [1.29, 1.82) is 0 Å². The van der Waals surface area contributed by atoms with Crippen LogP contribution in [0.1, 0.15) is 50.8 Å². The minimum atomic E-state index is 0.575. The number of unbranched alkanes of at least 4 members (excludes halogenated alkanes) is 1. The lowest BCUT2D eigenvalue weighted by Gasteiger charge is -2.08. The summed E-state index contributed by atoms with van der Waals surface area (Å²) in [5.74, 6) is 1.41. The number of aromatic amines is 1. The predicted octanol–water partition coefficient (Wildman–Crippen LogP) is 5.95. The molecule has 0 aliphatic heterocycles. The Bertz CT molecular complexity index is 1050. The van der Waals surface area contributed by atoms with Gasteiger partial charge in [0, 0.05) is 36.2 Å². The molecule has 7 heteroatoms. The van der Waals surface area contributed by atoms with E-state index in [1.54, 1.807) is 0 Å². The molecular weight excluding hydrogens is 426 g/mol. The van der Waals surface area contributed by atoms with Gasteiger partial charge in [-0.1, -0.05) is 38.2 Å². The molecule has 0 atom stereocenters. The fourth-order valence-electron chi connectivity index (χ4n) is 3.58. The molecule has 7 nitrogen and oxygen atoms in total. The van der Waals surface area contributed by atoms with Gasteiger partial charge < -0.3 is 14.0 Å². The van der Waals surface area contributed by atoms with Gasteiger partial charge in [-0.2, -0.15) is 5.21 Å². The molecule has 3 rings (SSSR count). The van der Waals surface area contributed by atoms with Gasteiger partial charge in [0.2, 0.25) is 5.82 Å². The summed E-state index contributed by atoms with van der Waals surface area (Å²) in [5.41, 5.74) is 4.51. The SMILES string of the molecule is C=C(CCC)c1ccn(C/C=C/C)c1/C=C\COCCCCOc1ccc(-c2nn[nH]n2)cc1. The Morgan fingerprint density at radius 1 is 1.12 bits per heavy atom. The smallest absolute Gasteiger partial charge is 0.204 e. The van der Waals surface area contributed by atoms with Crippen LogP contribution in [-0.4, -0.2) is 45.0 Å². The number of nitrogens with one attached hydrogen (secondary N) is 1. The quantitative estimate of drug-likeness (QED) is 0.224. The van der Waals surface area contributed by atoms with Crippen molar-refractivity contribution in [2.75, 3.05) is 19.8 Å². The molecule has 0 saturated carbocycles. The normalized spacial score (nSPS) is 11.6. The molecule has 0 aliphatic carbocycles. The number of nitrogens with zero attached hydrogens (tertiary/aromatic N) is 4. The lowest BCUT2D eigenvalue weighted by molar-refractivity contribution is 0.152. The maximum Gasteiger partial charge on any atom is 0.204 e. The third-order valence-corrected chi connectivity index (χ3v) is 5.38. The van der Waals surface area contributed by atoms with Crippen LogP contribution in [0.5, 0.6) is 5.75 Å². The first-order valence-electron chi connectivity index (χ1n) is 11.9. The summed E-state index contributed by atoms with van der Waals surface area (Å²) < 4.78 is 13.9. The zero-order valence-electron chi connectivity index (χ0n) is 20.2. The minimum absolute atomic E-state index is 0.575. The maximum absolute atomic E-state index is 5.81. The molecule has 0 radical (unpaired) electrons. The second kappa shape index (κ2) is 14.0. The summed E-state index contributed by atoms with van der Waals surface area (Å²) in [6.07, 6.45) is 14.6. The summed E-state index contributed by atoms with van der Waals surface area (Å²) in [6.45, 7) is 11.3. The van der Waals surface area contributed by atoms with Crippen molar-refractivity contribution < 1.29 is 9.47 Å². The van der Waals surface area contributed by atoms with Crippen molar-refractivity contribution in [3.05, 3.63) is 72.6 Å². The van der Waals surface area contributed by atoms with E-state index in [4.69, 9.17) is 9.47 Å². The molecule has 0 fully saturated rings. The van der Waals surface area contributed by atoms with Crippen LogP contribution in [0.4, 0.5) is 0 Å². The van der Waals surface area contributed by atoms with Crippen LogP contribution in [0.15, 0.2) is 61.3 Å². The van der Waals surface area contributed by atoms with Crippen LogP contribution in [0.2, 0.25) is 0 Å². The summed E-state index contributed by atoms with van der Waals surface area (Å²) in [4.78, 5) is 0. The topological polar surface area (TPSA) is 77.9 Å². The lowest BCUT2D eigenvalue weighted by Crippen LogP contribution is -2.01. The molecule has 2 heterocycles. The Balaban J connectivity index is 1.36. The largest absolute Gasteiger partial charge is 0.494 e. The monoisotopic (exact) mass is 461 g/mol. The van der Waals surface area contributed by atoms with E-state index < -0.39 is 0 Å². The van der Waals surface area contributed by atoms with Crippen LogP contribution in [0, 0.1) is 0 Å². The van der Waals surface area contributed by atoms with Crippen LogP contribution in [-0.2, 0) is 11.3 Å². The Kier molecular flexibility index (Phi) is 10.3. The van der Waals surface area contributed by atoms with E-state index in [1.165, 1.54) is 16.8 Å². The Labute approximate surface area is 202 Å². The number of ether oxygens (including phenoxy) is 2. The molecule has 34 heavy (non-hydrogen) atoms. The Hall–Kier alpha value is -3.45. The Morgan fingerprint density at radius 3 is 2.68 bits per heavy atom. The molecule has 0 bridgehead atoms. The van der Waals surface area contributed by atoms with Crippen molar-refractivity contribution in [2.24, 2.45) is 0 Å². The molecule has 0 saturated heterocycles. The molecule has 2 aromatic heterocycles. The van der Waals surface area contributed by atoms with Crippen molar-refractivity contribution in [3.8, 4) is 17.1 Å². The van der Waals surface area contributed by atoms with Crippen LogP contribution >= 0.6 is 0 Å². The predicted molar refractivity (Wildman–Crippen MR) is 137 cm³/mol. The van der Waals surface area contributed by atoms with Gasteiger partial charge >= 0.3 is 0 Å². The zero-order valence-corrected chi connectivity index (χ0v) is 20.2. The highest BCUT2D eigenvalue weighted by Gasteiger charge is 2.08. The molecule has 1 N–H and O–H groups in total. The van der Waals surface area contributed by atoms with Gasteiger partial charge in [-0.15, -0.1) is 10.2 Å². The van der Waals surface area contributed by atoms with Crippen LogP contribution < -0.4 is 4.74 Å². The number of tetrazole rings is 1. The fourth-order valence-corrected chi connectivity index (χ4v) is 3.58. The number of allylic oxidation sites excluding steroid dienone is 3. The van der Waals surface area contributed by atoms with Gasteiger partial charge in [0.15, 0.2) is 0 Å². The van der Waals surface area contributed by atoms with E-state index in [2.05, 4.69) is 75.3 Å². The van der Waals surface area contributed by atoms with Crippen molar-refractivity contribution >= 4 is 11.6 Å². The van der Waals surface area contributed by atoms with Crippen molar-refractivity contribution in [1.82, 2.24) is 25.2 Å². The highest BCUT2D eigenvalue weighted by Crippen LogP contribution is 2.24. The second-order valence-electron chi connectivity index (χ2n) is 7.98. The number of aromatic nitrogens is 5. The number of hydrogen-bond acceptors (Lipinski definition) is 5. The first kappa shape index (κ1) is 25.2. The lowest BCUT2D eigenvalue weighted by atomic mass is 10.0. The van der Waals surface area contributed by atoms with Crippen molar-refractivity contribution in [3.63, 3.8) is 0 Å². The summed E-state index contributed by atoms with van der Waals surface area (Å²) in [7, 11) is 0. The molecule has 0 amide bonds. The second-order valence-corrected chi connectivity index (χ2v) is 7.98. The van der Waals surface area contributed by atoms with Gasteiger partial charge in [-0.25, -0.2) is 0 Å². The van der Waals surface area contributed by atoms with Gasteiger partial charge in [0.25, 0.3) is 0 Å². The average Bonchev–Trinajstić information content (AvgIpc) is 3.53. The van der Waals surface area contributed by atoms with E-state index in [-0.39, 0.29) is 0 Å². The van der Waals surface area contributed by atoms with Crippen molar-refractivity contribution in [2.45, 2.75) is 46.1 Å². The Morgan fingerprint density at radius 2 is 1.94 bits per heavy atom. The average molecular weight is 462 g/mol. The maximum atomic E-state index is 5.81. The zero-order chi connectivity index (χ0) is 24.0. The van der Waals surface area contributed by atoms with E-state index >= 15 is 0 Å². The number of benzene rings is 1. The number of hydrogen-bond donors (Lipinski definition) is 1. The van der Waals surface area contributed by atoms with E-state index in [0.717, 1.165) is 43.5 Å². The highest BCUT2D eigenvalue weighted by atomic mass is 16.5. The number of rotatable bonds is 15. The molecule has 0 aliphatic rings. The third kappa shape index (κ3) is 7.56. The summed E-state index contributed by atoms with van der Waals surface area (Å²) in [6, 6.07) is 9.85. The summed E-state index contributed by atoms with van der Waals surface area (Å²) >= 11 is 0. The third-order valence-electron chi connectivity index (χ3n) is 5.38. The minimum Gasteiger partial charge on any atom is -0.494 e. The molecule has 3 aromatic rings. The molecule has 0 spiro atoms. The fraction of sp³-hybridized carbons (Fsp3) is 0.370. The van der Waals surface area contributed by atoms with Gasteiger partial charge in [-0.3, -0.25) is 0 Å². The van der Waals surface area contributed by atoms with E-state index in [1.807, 2.05) is 31.2 Å². The van der Waals surface area contributed by atoms with Gasteiger partial charge in [-0.05, 0) is 73.4 Å². The van der Waals surface area contributed by atoms with Gasteiger partial charge in [0.05, 0.1) is 13.2 Å². The first-order valence-corrected chi connectivity index (χ1v) is 11.9. The summed E-state index contributed by atoms with van der Waals surface area (Å²) in [5, 5.41) is 14.0.